The van der Waals surface area contributed by atoms with Gasteiger partial charge in [-0.1, -0.05) is 36.4 Å². The molecule has 4 rings (SSSR count). The molecule has 3 aromatic carbocycles. The van der Waals surface area contributed by atoms with Gasteiger partial charge < -0.3 is 10.1 Å². The number of amides is 1. The van der Waals surface area contributed by atoms with Crippen molar-refractivity contribution < 1.29 is 9.53 Å². The molecule has 7 heteroatoms. The fraction of sp³-hybridized carbons (Fsp3) is 0.0417. The number of hydrogen-bond acceptors (Lipinski definition) is 4. The van der Waals surface area contributed by atoms with Crippen molar-refractivity contribution in [3.8, 4) is 23.3 Å². The fourth-order valence-electron chi connectivity index (χ4n) is 3.03. The number of benzene rings is 3. The number of hydrogen-bond donors (Lipinski definition) is 2. The molecule has 0 fully saturated rings. The summed E-state index contributed by atoms with van der Waals surface area (Å²) in [6, 6.07) is 26.4. The Morgan fingerprint density at radius 2 is 1.74 bits per heavy atom. The van der Waals surface area contributed by atoms with E-state index in [0.717, 1.165) is 5.56 Å². The average molecular weight is 410 g/mol. The Morgan fingerprint density at radius 3 is 2.48 bits per heavy atom. The van der Waals surface area contributed by atoms with E-state index in [9.17, 15) is 9.59 Å². The molecule has 1 heterocycles. The van der Waals surface area contributed by atoms with Crippen LogP contribution in [0, 0.1) is 11.3 Å². The Bertz CT molecular complexity index is 1300. The molecule has 0 aliphatic rings. The maximum Gasteiger partial charge on any atom is 0.273 e. The minimum atomic E-state index is -0.378. The molecule has 1 aromatic heterocycles. The van der Waals surface area contributed by atoms with E-state index in [2.05, 4.69) is 16.5 Å². The highest BCUT2D eigenvalue weighted by Crippen LogP contribution is 2.23. The van der Waals surface area contributed by atoms with Crippen molar-refractivity contribution in [1.82, 2.24) is 9.78 Å². The van der Waals surface area contributed by atoms with Gasteiger partial charge in [-0.25, -0.2) is 4.68 Å². The predicted octanol–water partition coefficient (Wildman–Crippen LogP) is 4.28. The van der Waals surface area contributed by atoms with Crippen molar-refractivity contribution in [3.05, 3.63) is 106 Å². The third-order valence-electron chi connectivity index (χ3n) is 4.52. The standard InChI is InChI=1S/C24H18N4O3/c25-14-13-17-9-11-20(12-10-17)31-21-8-4-5-18(15-21)24(30)26-22-16-23(29)28(27-22)19-6-2-1-3-7-19/h1-12,15-16,27H,13H2,(H,26,30). The smallest absolute Gasteiger partial charge is 0.273 e. The molecule has 0 radical (unpaired) electrons. The second-order valence-corrected chi connectivity index (χ2v) is 6.74. The van der Waals surface area contributed by atoms with E-state index in [-0.39, 0.29) is 11.5 Å². The fourth-order valence-corrected chi connectivity index (χ4v) is 3.03. The largest absolute Gasteiger partial charge is 0.457 e. The molecule has 7 nitrogen and oxygen atoms in total. The van der Waals surface area contributed by atoms with E-state index < -0.39 is 0 Å². The summed E-state index contributed by atoms with van der Waals surface area (Å²) in [5.41, 5.74) is 1.67. The van der Waals surface area contributed by atoms with E-state index in [1.54, 1.807) is 48.5 Å². The molecule has 0 aliphatic carbocycles. The van der Waals surface area contributed by atoms with Gasteiger partial charge in [0.1, 0.15) is 17.3 Å². The lowest BCUT2D eigenvalue weighted by atomic mass is 10.1. The Balaban J connectivity index is 1.47. The number of aromatic amines is 1. The first kappa shape index (κ1) is 19.7. The highest BCUT2D eigenvalue weighted by molar-refractivity contribution is 6.04. The van der Waals surface area contributed by atoms with Crippen LogP contribution in [0.4, 0.5) is 5.82 Å². The zero-order valence-electron chi connectivity index (χ0n) is 16.4. The maximum atomic E-state index is 12.7. The zero-order valence-corrected chi connectivity index (χ0v) is 16.4. The first-order valence-electron chi connectivity index (χ1n) is 9.55. The average Bonchev–Trinajstić information content (AvgIpc) is 3.16. The molecule has 0 aliphatic heterocycles. The van der Waals surface area contributed by atoms with Crippen LogP contribution in [0.3, 0.4) is 0 Å². The molecule has 4 aromatic rings. The molecule has 0 saturated heterocycles. The molecule has 152 valence electrons. The molecular formula is C24H18N4O3. The van der Waals surface area contributed by atoms with Gasteiger partial charge in [-0.2, -0.15) is 5.26 Å². The van der Waals surface area contributed by atoms with Crippen LogP contribution in [0.5, 0.6) is 11.5 Å². The van der Waals surface area contributed by atoms with Crippen LogP contribution in [0.1, 0.15) is 15.9 Å². The van der Waals surface area contributed by atoms with Crippen molar-refractivity contribution in [3.63, 3.8) is 0 Å². The molecule has 0 spiro atoms. The minimum absolute atomic E-state index is 0.279. The number of nitriles is 1. The van der Waals surface area contributed by atoms with Crippen LogP contribution in [0.2, 0.25) is 0 Å². The predicted molar refractivity (Wildman–Crippen MR) is 117 cm³/mol. The van der Waals surface area contributed by atoms with Gasteiger partial charge in [0.15, 0.2) is 0 Å². The number of nitrogens with one attached hydrogen (secondary N) is 2. The lowest BCUT2D eigenvalue weighted by Gasteiger charge is -2.08. The Hall–Kier alpha value is -4.57. The molecule has 1 amide bonds. The number of carbonyl (C=O) groups is 1. The van der Waals surface area contributed by atoms with Gasteiger partial charge in [0.05, 0.1) is 18.2 Å². The van der Waals surface area contributed by atoms with Crippen LogP contribution >= 0.6 is 0 Å². The van der Waals surface area contributed by atoms with E-state index in [1.165, 1.54) is 10.7 Å². The van der Waals surface area contributed by atoms with Crippen molar-refractivity contribution in [2.75, 3.05) is 5.32 Å². The molecule has 0 unspecified atom stereocenters. The monoisotopic (exact) mass is 410 g/mol. The number of nitrogens with zero attached hydrogens (tertiary/aromatic N) is 2. The summed E-state index contributed by atoms with van der Waals surface area (Å²) in [5.74, 6) is 1.01. The van der Waals surface area contributed by atoms with Gasteiger partial charge >= 0.3 is 0 Å². The van der Waals surface area contributed by atoms with E-state index >= 15 is 0 Å². The first-order valence-corrected chi connectivity index (χ1v) is 9.55. The summed E-state index contributed by atoms with van der Waals surface area (Å²) in [6.45, 7) is 0. The molecule has 2 N–H and O–H groups in total. The summed E-state index contributed by atoms with van der Waals surface area (Å²) in [5, 5.41) is 14.3. The zero-order chi connectivity index (χ0) is 21.6. The van der Waals surface area contributed by atoms with Crippen molar-refractivity contribution in [2.45, 2.75) is 6.42 Å². The summed E-state index contributed by atoms with van der Waals surface area (Å²) >= 11 is 0. The number of carbonyl (C=O) groups excluding carboxylic acids is 1. The van der Waals surface area contributed by atoms with Crippen LogP contribution in [0.15, 0.2) is 89.7 Å². The van der Waals surface area contributed by atoms with E-state index in [1.807, 2.05) is 30.3 Å². The number of rotatable bonds is 6. The third-order valence-corrected chi connectivity index (χ3v) is 4.52. The van der Waals surface area contributed by atoms with Gasteiger partial charge in [0.2, 0.25) is 0 Å². The van der Waals surface area contributed by atoms with Gasteiger partial charge in [0.25, 0.3) is 11.5 Å². The van der Waals surface area contributed by atoms with Crippen molar-refractivity contribution in [1.29, 1.82) is 5.26 Å². The van der Waals surface area contributed by atoms with Crippen LogP contribution < -0.4 is 15.6 Å². The lowest BCUT2D eigenvalue weighted by molar-refractivity contribution is 0.102. The normalized spacial score (nSPS) is 10.3. The van der Waals surface area contributed by atoms with Gasteiger partial charge in [-0.3, -0.25) is 14.7 Å². The molecule has 0 bridgehead atoms. The summed E-state index contributed by atoms with van der Waals surface area (Å²) in [6.07, 6.45) is 0.337. The van der Waals surface area contributed by atoms with Crippen molar-refractivity contribution >= 4 is 11.7 Å². The van der Waals surface area contributed by atoms with Crippen molar-refractivity contribution in [2.24, 2.45) is 0 Å². The highest BCUT2D eigenvalue weighted by atomic mass is 16.5. The van der Waals surface area contributed by atoms with Gasteiger partial charge in [0, 0.05) is 11.6 Å². The number of ether oxygens (including phenoxy) is 1. The van der Waals surface area contributed by atoms with Gasteiger partial charge in [-0.15, -0.1) is 0 Å². The number of anilines is 1. The summed E-state index contributed by atoms with van der Waals surface area (Å²) < 4.78 is 7.16. The summed E-state index contributed by atoms with van der Waals surface area (Å²) in [7, 11) is 0. The Kier molecular flexibility index (Phi) is 5.63. The van der Waals surface area contributed by atoms with Gasteiger partial charge in [-0.05, 0) is 48.0 Å². The molecule has 31 heavy (non-hydrogen) atoms. The van der Waals surface area contributed by atoms with E-state index in [4.69, 9.17) is 10.00 Å². The van der Waals surface area contributed by atoms with Crippen LogP contribution in [0.25, 0.3) is 5.69 Å². The van der Waals surface area contributed by atoms with Crippen LogP contribution in [-0.2, 0) is 6.42 Å². The van der Waals surface area contributed by atoms with Crippen LogP contribution in [-0.4, -0.2) is 15.7 Å². The second-order valence-electron chi connectivity index (χ2n) is 6.74. The Labute approximate surface area is 178 Å². The number of H-pyrrole nitrogens is 1. The van der Waals surface area contributed by atoms with E-state index in [0.29, 0.717) is 35.0 Å². The Morgan fingerprint density at radius 1 is 0.968 bits per heavy atom. The maximum absolute atomic E-state index is 12.7. The second kappa shape index (κ2) is 8.84. The quantitative estimate of drug-likeness (QED) is 0.496. The number of para-hydroxylation sites is 1. The molecule has 0 saturated carbocycles. The highest BCUT2D eigenvalue weighted by Gasteiger charge is 2.11. The lowest BCUT2D eigenvalue weighted by Crippen LogP contribution is -2.13. The summed E-state index contributed by atoms with van der Waals surface area (Å²) in [4.78, 5) is 24.9. The number of aromatic nitrogens is 2. The SMILES string of the molecule is N#CCc1ccc(Oc2cccc(C(=O)Nc3cc(=O)n(-c4ccccc4)[nH]3)c2)cc1. The first-order chi connectivity index (χ1) is 15.1. The minimum Gasteiger partial charge on any atom is -0.457 e. The molecular weight excluding hydrogens is 392 g/mol. The third kappa shape index (κ3) is 4.71. The molecule has 0 atom stereocenters. The topological polar surface area (TPSA) is 99.9 Å².